The lowest BCUT2D eigenvalue weighted by Gasteiger charge is -2.13. The van der Waals surface area contributed by atoms with Crippen molar-refractivity contribution in [1.29, 1.82) is 0 Å². The number of benzene rings is 1. The van der Waals surface area contributed by atoms with E-state index in [4.69, 9.17) is 4.42 Å². The normalized spacial score (nSPS) is 14.2. The van der Waals surface area contributed by atoms with Gasteiger partial charge >= 0.3 is 0 Å². The van der Waals surface area contributed by atoms with Gasteiger partial charge in [-0.2, -0.15) is 5.10 Å². The predicted octanol–water partition coefficient (Wildman–Crippen LogP) is 4.27. The van der Waals surface area contributed by atoms with Crippen LogP contribution in [0.2, 0.25) is 0 Å². The Balaban J connectivity index is 1.54. The van der Waals surface area contributed by atoms with Gasteiger partial charge in [-0.25, -0.2) is 5.43 Å². The topological polar surface area (TPSA) is 96.6 Å². The maximum Gasteiger partial charge on any atom is 0.291 e. The number of pyridine rings is 1. The van der Waals surface area contributed by atoms with Crippen molar-refractivity contribution in [2.75, 3.05) is 5.32 Å². The number of carbonyl (C=O) groups excluding carboxylic acids is 2. The smallest absolute Gasteiger partial charge is 0.291 e. The number of aromatic nitrogens is 1. The quantitative estimate of drug-likeness (QED) is 0.607. The fraction of sp³-hybridized carbons (Fsp3) is 0.250. The Labute approximate surface area is 180 Å². The van der Waals surface area contributed by atoms with E-state index in [-0.39, 0.29) is 17.6 Å². The minimum atomic E-state index is -0.309. The van der Waals surface area contributed by atoms with Crippen LogP contribution in [-0.4, -0.2) is 22.5 Å². The van der Waals surface area contributed by atoms with Crippen LogP contribution in [0, 0.1) is 6.92 Å². The molecule has 0 unspecified atom stereocenters. The van der Waals surface area contributed by atoms with Gasteiger partial charge in [-0.15, -0.1) is 0 Å². The Morgan fingerprint density at radius 2 is 1.81 bits per heavy atom. The minimum absolute atomic E-state index is 0.277. The molecule has 1 aliphatic carbocycles. The van der Waals surface area contributed by atoms with Gasteiger partial charge in [0.2, 0.25) is 0 Å². The third-order valence-electron chi connectivity index (χ3n) is 5.39. The average Bonchev–Trinajstić information content (AvgIpc) is 3.16. The number of hydrazone groups is 1. The minimum Gasteiger partial charge on any atom is -0.455 e. The van der Waals surface area contributed by atoms with Crippen LogP contribution < -0.4 is 10.7 Å². The van der Waals surface area contributed by atoms with Crippen molar-refractivity contribution in [3.63, 3.8) is 0 Å². The van der Waals surface area contributed by atoms with Crippen molar-refractivity contribution in [3.05, 3.63) is 82.6 Å². The molecule has 3 aromatic rings. The molecule has 2 heterocycles. The summed E-state index contributed by atoms with van der Waals surface area (Å²) < 4.78 is 5.92. The lowest BCUT2D eigenvalue weighted by molar-refractivity contribution is 0.0953. The molecule has 0 atom stereocenters. The first-order valence-corrected chi connectivity index (χ1v) is 10.4. The van der Waals surface area contributed by atoms with Crippen molar-refractivity contribution >= 4 is 23.2 Å². The molecule has 158 valence electrons. The first kappa shape index (κ1) is 20.5. The molecule has 2 N–H and O–H groups in total. The number of hydrogen-bond acceptors (Lipinski definition) is 5. The summed E-state index contributed by atoms with van der Waals surface area (Å²) in [6.07, 6.45) is 6.32. The highest BCUT2D eigenvalue weighted by atomic mass is 16.4. The van der Waals surface area contributed by atoms with E-state index in [9.17, 15) is 9.59 Å². The van der Waals surface area contributed by atoms with Gasteiger partial charge in [0.05, 0.1) is 5.71 Å². The molecule has 7 nitrogen and oxygen atoms in total. The van der Waals surface area contributed by atoms with Crippen LogP contribution in [0.25, 0.3) is 0 Å². The molecule has 31 heavy (non-hydrogen) atoms. The Morgan fingerprint density at radius 1 is 1.06 bits per heavy atom. The lowest BCUT2D eigenvalue weighted by atomic mass is 9.93. The van der Waals surface area contributed by atoms with Crippen molar-refractivity contribution in [2.24, 2.45) is 5.10 Å². The van der Waals surface area contributed by atoms with E-state index in [2.05, 4.69) is 27.8 Å². The summed E-state index contributed by atoms with van der Waals surface area (Å²) in [5.41, 5.74) is 7.27. The van der Waals surface area contributed by atoms with E-state index in [0.29, 0.717) is 12.0 Å². The predicted molar refractivity (Wildman–Crippen MR) is 118 cm³/mol. The Bertz CT molecular complexity index is 1130. The van der Waals surface area contributed by atoms with Crippen molar-refractivity contribution < 1.29 is 14.0 Å². The first-order chi connectivity index (χ1) is 15.1. The monoisotopic (exact) mass is 416 g/mol. The van der Waals surface area contributed by atoms with E-state index in [1.165, 1.54) is 5.56 Å². The zero-order valence-electron chi connectivity index (χ0n) is 17.6. The highest BCUT2D eigenvalue weighted by molar-refractivity contribution is 6.09. The fourth-order valence-corrected chi connectivity index (χ4v) is 3.69. The standard InChI is InChI=1S/C24H24N4O3/c1-3-16-7-9-18(10-8-16)26-24(30)22-15(2)21-19(5-4-6-20(21)31-22)27-28-23(29)17-11-13-25-14-12-17/h7-14H,3-6H2,1-2H3,(H,26,30)(H,28,29)/b27-19+. The van der Waals surface area contributed by atoms with Gasteiger partial charge in [-0.1, -0.05) is 19.1 Å². The summed E-state index contributed by atoms with van der Waals surface area (Å²) in [7, 11) is 0. The number of aryl methyl sites for hydroxylation is 2. The molecule has 0 fully saturated rings. The molecule has 0 saturated heterocycles. The molecule has 4 rings (SSSR count). The summed E-state index contributed by atoms with van der Waals surface area (Å²) in [6.45, 7) is 3.94. The van der Waals surface area contributed by atoms with E-state index in [1.807, 2.05) is 31.2 Å². The Morgan fingerprint density at radius 3 is 2.52 bits per heavy atom. The molecular formula is C24H24N4O3. The Kier molecular flexibility index (Phi) is 5.93. The van der Waals surface area contributed by atoms with Crippen molar-refractivity contribution in [1.82, 2.24) is 10.4 Å². The third-order valence-corrected chi connectivity index (χ3v) is 5.39. The number of rotatable bonds is 5. The van der Waals surface area contributed by atoms with Gasteiger partial charge in [0.15, 0.2) is 5.76 Å². The molecule has 2 aromatic heterocycles. The SMILES string of the molecule is CCc1ccc(NC(=O)c2oc3c(c2C)/C(=N/NC(=O)c2ccncc2)CCC3)cc1. The highest BCUT2D eigenvalue weighted by Crippen LogP contribution is 2.30. The molecule has 2 amide bonds. The number of anilines is 1. The average molecular weight is 416 g/mol. The molecule has 0 spiro atoms. The molecule has 0 aliphatic heterocycles. The molecule has 0 radical (unpaired) electrons. The molecule has 1 aromatic carbocycles. The van der Waals surface area contributed by atoms with Gasteiger partial charge < -0.3 is 9.73 Å². The van der Waals surface area contributed by atoms with E-state index in [1.54, 1.807) is 24.5 Å². The molecular weight excluding hydrogens is 392 g/mol. The van der Waals surface area contributed by atoms with Crippen LogP contribution in [0.5, 0.6) is 0 Å². The summed E-state index contributed by atoms with van der Waals surface area (Å²) >= 11 is 0. The number of nitrogens with zero attached hydrogens (tertiary/aromatic N) is 2. The highest BCUT2D eigenvalue weighted by Gasteiger charge is 2.28. The maximum atomic E-state index is 12.8. The number of fused-ring (bicyclic) bond motifs is 1. The first-order valence-electron chi connectivity index (χ1n) is 10.4. The largest absolute Gasteiger partial charge is 0.455 e. The van der Waals surface area contributed by atoms with Crippen LogP contribution in [0.1, 0.15) is 63.1 Å². The number of furan rings is 1. The molecule has 7 heteroatoms. The van der Waals surface area contributed by atoms with Crippen molar-refractivity contribution in [2.45, 2.75) is 39.5 Å². The zero-order valence-corrected chi connectivity index (χ0v) is 17.6. The van der Waals surface area contributed by atoms with E-state index in [0.717, 1.165) is 47.5 Å². The molecule has 1 aliphatic rings. The number of carbonyl (C=O) groups is 2. The third kappa shape index (κ3) is 4.40. The zero-order chi connectivity index (χ0) is 21.8. The van der Waals surface area contributed by atoms with E-state index >= 15 is 0 Å². The molecule has 0 saturated carbocycles. The van der Waals surface area contributed by atoms with Crippen LogP contribution in [0.4, 0.5) is 5.69 Å². The van der Waals surface area contributed by atoms with Crippen molar-refractivity contribution in [3.8, 4) is 0 Å². The summed E-state index contributed by atoms with van der Waals surface area (Å²) in [6, 6.07) is 11.0. The van der Waals surface area contributed by atoms with Gasteiger partial charge in [0.25, 0.3) is 11.8 Å². The van der Waals surface area contributed by atoms with Crippen LogP contribution in [-0.2, 0) is 12.8 Å². The summed E-state index contributed by atoms with van der Waals surface area (Å²) in [5.74, 6) is 0.403. The number of nitrogens with one attached hydrogen (secondary N) is 2. The summed E-state index contributed by atoms with van der Waals surface area (Å²) in [4.78, 5) is 29.1. The van der Waals surface area contributed by atoms with Crippen LogP contribution in [0.15, 0.2) is 58.3 Å². The van der Waals surface area contributed by atoms with E-state index < -0.39 is 0 Å². The maximum absolute atomic E-state index is 12.8. The number of amides is 2. The van der Waals surface area contributed by atoms with Gasteiger partial charge in [-0.3, -0.25) is 14.6 Å². The second-order valence-electron chi connectivity index (χ2n) is 7.45. The van der Waals surface area contributed by atoms with Gasteiger partial charge in [0.1, 0.15) is 5.76 Å². The lowest BCUT2D eigenvalue weighted by Crippen LogP contribution is -2.22. The van der Waals surface area contributed by atoms with Gasteiger partial charge in [-0.05, 0) is 56.0 Å². The molecule has 0 bridgehead atoms. The Hall–Kier alpha value is -3.74. The fourth-order valence-electron chi connectivity index (χ4n) is 3.69. The summed E-state index contributed by atoms with van der Waals surface area (Å²) in [5, 5.41) is 7.24. The van der Waals surface area contributed by atoms with Crippen LogP contribution in [0.3, 0.4) is 0 Å². The second kappa shape index (κ2) is 8.95. The van der Waals surface area contributed by atoms with Crippen LogP contribution >= 0.6 is 0 Å². The van der Waals surface area contributed by atoms with Gasteiger partial charge in [0, 0.05) is 41.2 Å². The second-order valence-corrected chi connectivity index (χ2v) is 7.45. The number of hydrogen-bond donors (Lipinski definition) is 2.